The van der Waals surface area contributed by atoms with Crippen molar-refractivity contribution in [3.8, 4) is 0 Å². The molecule has 1 N–H and O–H groups in total. The minimum atomic E-state index is -1.51. The summed E-state index contributed by atoms with van der Waals surface area (Å²) in [5.74, 6) is -1.29. The summed E-state index contributed by atoms with van der Waals surface area (Å²) in [6.07, 6.45) is 2.43. The van der Waals surface area contributed by atoms with Gasteiger partial charge in [0.1, 0.15) is 11.7 Å². The Morgan fingerprint density at radius 3 is 2.44 bits per heavy atom. The Morgan fingerprint density at radius 1 is 1.15 bits per heavy atom. The molecule has 1 aliphatic rings. The number of carbonyl (C=O) groups is 3. The molecule has 1 aliphatic heterocycles. The van der Waals surface area contributed by atoms with Gasteiger partial charge in [0.05, 0.1) is 12.6 Å². The lowest BCUT2D eigenvalue weighted by molar-refractivity contribution is -0.165. The lowest BCUT2D eigenvalue weighted by Crippen LogP contribution is -2.47. The van der Waals surface area contributed by atoms with Crippen molar-refractivity contribution in [3.63, 3.8) is 0 Å². The zero-order valence-corrected chi connectivity index (χ0v) is 20.1. The second kappa shape index (κ2) is 10.7. The van der Waals surface area contributed by atoms with Crippen LogP contribution >= 0.6 is 0 Å². The number of amides is 1. The zero-order valence-electron chi connectivity index (χ0n) is 20.1. The molecule has 2 aromatic rings. The van der Waals surface area contributed by atoms with Crippen LogP contribution < -0.4 is 5.32 Å². The van der Waals surface area contributed by atoms with Gasteiger partial charge in [-0.3, -0.25) is 14.6 Å². The largest absolute Gasteiger partial charge is 0.465 e. The van der Waals surface area contributed by atoms with Gasteiger partial charge in [0.2, 0.25) is 0 Å². The van der Waals surface area contributed by atoms with E-state index in [2.05, 4.69) is 10.3 Å². The SMILES string of the molecule is CCOC(=O)C1(Cc2ccncc2)C[C@@H]([C@H](Cc2ccccc2)NC(=O)OC(C)(C)C)OC1=O. The maximum atomic E-state index is 13.2. The number of alkyl carbamates (subject to hydrolysis) is 1. The minimum Gasteiger partial charge on any atom is -0.465 e. The molecule has 0 aliphatic carbocycles. The van der Waals surface area contributed by atoms with Gasteiger partial charge in [0, 0.05) is 18.8 Å². The fraction of sp³-hybridized carbons (Fsp3) is 0.462. The molecule has 1 fully saturated rings. The van der Waals surface area contributed by atoms with E-state index in [0.29, 0.717) is 6.42 Å². The van der Waals surface area contributed by atoms with E-state index in [9.17, 15) is 14.4 Å². The summed E-state index contributed by atoms with van der Waals surface area (Å²) in [4.78, 5) is 42.9. The predicted molar refractivity (Wildman–Crippen MR) is 125 cm³/mol. The molecule has 0 saturated carbocycles. The number of ether oxygens (including phenoxy) is 3. The zero-order chi connectivity index (χ0) is 24.8. The van der Waals surface area contributed by atoms with Gasteiger partial charge in [-0.05, 0) is 63.8 Å². The molecular formula is C26H32N2O6. The number of pyridine rings is 1. The van der Waals surface area contributed by atoms with E-state index in [4.69, 9.17) is 14.2 Å². The first-order chi connectivity index (χ1) is 16.1. The second-order valence-corrected chi connectivity index (χ2v) is 9.43. The summed E-state index contributed by atoms with van der Waals surface area (Å²) >= 11 is 0. The Bertz CT molecular complexity index is 989. The first-order valence-corrected chi connectivity index (χ1v) is 11.4. The molecule has 0 spiro atoms. The number of hydrogen-bond acceptors (Lipinski definition) is 7. The van der Waals surface area contributed by atoms with Crippen molar-refractivity contribution in [2.75, 3.05) is 6.61 Å². The Hall–Kier alpha value is -3.42. The highest BCUT2D eigenvalue weighted by atomic mass is 16.6. The van der Waals surface area contributed by atoms with Gasteiger partial charge in [0.15, 0.2) is 5.41 Å². The van der Waals surface area contributed by atoms with Crippen LogP contribution in [-0.2, 0) is 36.6 Å². The predicted octanol–water partition coefficient (Wildman–Crippen LogP) is 3.63. The number of nitrogens with one attached hydrogen (secondary N) is 1. The maximum absolute atomic E-state index is 13.2. The quantitative estimate of drug-likeness (QED) is 0.358. The number of cyclic esters (lactones) is 1. The van der Waals surface area contributed by atoms with Crippen LogP contribution in [0.25, 0.3) is 0 Å². The Balaban J connectivity index is 1.89. The smallest absolute Gasteiger partial charge is 0.408 e. The molecule has 8 nitrogen and oxygen atoms in total. The summed E-state index contributed by atoms with van der Waals surface area (Å²) < 4.78 is 16.5. The van der Waals surface area contributed by atoms with E-state index in [1.54, 1.807) is 52.2 Å². The van der Waals surface area contributed by atoms with Gasteiger partial charge in [-0.15, -0.1) is 0 Å². The van der Waals surface area contributed by atoms with Crippen molar-refractivity contribution < 1.29 is 28.6 Å². The van der Waals surface area contributed by atoms with E-state index in [1.165, 1.54) is 0 Å². The first kappa shape index (κ1) is 25.2. The molecule has 1 saturated heterocycles. The monoisotopic (exact) mass is 468 g/mol. The summed E-state index contributed by atoms with van der Waals surface area (Å²) in [5.41, 5.74) is -0.487. The summed E-state index contributed by atoms with van der Waals surface area (Å²) in [5, 5.41) is 2.86. The third-order valence-electron chi connectivity index (χ3n) is 5.57. The third kappa shape index (κ3) is 6.34. The lowest BCUT2D eigenvalue weighted by Gasteiger charge is -2.27. The molecule has 8 heteroatoms. The number of hydrogen-bond donors (Lipinski definition) is 1. The van der Waals surface area contributed by atoms with E-state index in [0.717, 1.165) is 11.1 Å². The Kier molecular flexibility index (Phi) is 7.91. The highest BCUT2D eigenvalue weighted by molar-refractivity contribution is 6.01. The number of carbonyl (C=O) groups excluding carboxylic acids is 3. The van der Waals surface area contributed by atoms with Crippen LogP contribution in [0.1, 0.15) is 45.2 Å². The Labute approximate surface area is 200 Å². The van der Waals surface area contributed by atoms with Crippen molar-refractivity contribution >= 4 is 18.0 Å². The fourth-order valence-corrected chi connectivity index (χ4v) is 4.05. The average Bonchev–Trinajstić information content (AvgIpc) is 3.11. The van der Waals surface area contributed by atoms with Crippen molar-refractivity contribution in [1.82, 2.24) is 10.3 Å². The minimum absolute atomic E-state index is 0.0697. The molecule has 2 heterocycles. The lowest BCUT2D eigenvalue weighted by atomic mass is 9.77. The average molecular weight is 469 g/mol. The maximum Gasteiger partial charge on any atom is 0.408 e. The Morgan fingerprint density at radius 2 is 1.82 bits per heavy atom. The van der Waals surface area contributed by atoms with E-state index in [1.807, 2.05) is 30.3 Å². The van der Waals surface area contributed by atoms with Crippen LogP contribution in [0, 0.1) is 5.41 Å². The number of nitrogens with zero attached hydrogens (tertiary/aromatic N) is 1. The highest BCUT2D eigenvalue weighted by Crippen LogP contribution is 2.40. The second-order valence-electron chi connectivity index (χ2n) is 9.43. The van der Waals surface area contributed by atoms with Crippen molar-refractivity contribution in [2.45, 2.75) is 64.7 Å². The molecule has 0 radical (unpaired) electrons. The van der Waals surface area contributed by atoms with Crippen LogP contribution in [0.3, 0.4) is 0 Å². The third-order valence-corrected chi connectivity index (χ3v) is 5.57. The summed E-state index contributed by atoms with van der Waals surface area (Å²) in [7, 11) is 0. The van der Waals surface area contributed by atoms with E-state index >= 15 is 0 Å². The van der Waals surface area contributed by atoms with E-state index < -0.39 is 41.2 Å². The molecule has 34 heavy (non-hydrogen) atoms. The number of esters is 2. The van der Waals surface area contributed by atoms with E-state index in [-0.39, 0.29) is 19.4 Å². The van der Waals surface area contributed by atoms with Gasteiger partial charge >= 0.3 is 18.0 Å². The number of aromatic nitrogens is 1. The number of rotatable bonds is 8. The van der Waals surface area contributed by atoms with Gasteiger partial charge in [-0.25, -0.2) is 4.79 Å². The molecule has 0 bridgehead atoms. The summed E-state index contributed by atoms with van der Waals surface area (Å²) in [6.45, 7) is 7.15. The molecule has 1 aromatic heterocycles. The topological polar surface area (TPSA) is 104 Å². The van der Waals surface area contributed by atoms with Gasteiger partial charge in [-0.2, -0.15) is 0 Å². The fourth-order valence-electron chi connectivity index (χ4n) is 4.05. The number of benzene rings is 1. The molecule has 1 amide bonds. The molecule has 1 unspecified atom stereocenters. The van der Waals surface area contributed by atoms with Gasteiger partial charge in [0.25, 0.3) is 0 Å². The molecule has 3 rings (SSSR count). The van der Waals surface area contributed by atoms with Crippen LogP contribution in [0.4, 0.5) is 4.79 Å². The highest BCUT2D eigenvalue weighted by Gasteiger charge is 2.57. The van der Waals surface area contributed by atoms with Crippen LogP contribution in [0.2, 0.25) is 0 Å². The first-order valence-electron chi connectivity index (χ1n) is 11.4. The normalized spacial score (nSPS) is 20.8. The molecular weight excluding hydrogens is 436 g/mol. The van der Waals surface area contributed by atoms with Gasteiger partial charge in [-0.1, -0.05) is 30.3 Å². The standard InChI is InChI=1S/C26H32N2O6/c1-5-32-22(29)26(16-19-11-13-27-14-12-19)17-21(33-23(26)30)20(15-18-9-7-6-8-10-18)28-24(31)34-25(2,3)4/h6-14,20-21H,5,15-17H2,1-4H3,(H,28,31)/t20-,21-,26?/m0/s1. The molecule has 1 aromatic carbocycles. The van der Waals surface area contributed by atoms with Crippen LogP contribution in [-0.4, -0.2) is 47.4 Å². The van der Waals surface area contributed by atoms with Crippen LogP contribution in [0.5, 0.6) is 0 Å². The van der Waals surface area contributed by atoms with Crippen molar-refractivity contribution in [3.05, 3.63) is 66.0 Å². The summed E-state index contributed by atoms with van der Waals surface area (Å²) in [6, 6.07) is 12.4. The van der Waals surface area contributed by atoms with Crippen molar-refractivity contribution in [2.24, 2.45) is 5.41 Å². The molecule has 3 atom stereocenters. The molecule has 182 valence electrons. The van der Waals surface area contributed by atoms with Crippen molar-refractivity contribution in [1.29, 1.82) is 0 Å². The van der Waals surface area contributed by atoms with Crippen LogP contribution in [0.15, 0.2) is 54.9 Å². The van der Waals surface area contributed by atoms with Gasteiger partial charge < -0.3 is 19.5 Å².